The number of nitro groups is 1. The molecule has 6 nitrogen and oxygen atoms in total. The van der Waals surface area contributed by atoms with Crippen molar-refractivity contribution >= 4 is 23.4 Å². The minimum absolute atomic E-state index is 0.193. The smallest absolute Gasteiger partial charge is 0.220 e. The minimum atomic E-state index is -0.356. The Hall–Kier alpha value is -2.38. The number of hydrogen-bond donors (Lipinski definition) is 0. The van der Waals surface area contributed by atoms with Crippen molar-refractivity contribution in [1.29, 1.82) is 0 Å². The van der Waals surface area contributed by atoms with Gasteiger partial charge < -0.3 is 0 Å². The summed E-state index contributed by atoms with van der Waals surface area (Å²) in [5.74, 6) is 0.706. The third-order valence-corrected chi connectivity index (χ3v) is 5.05. The van der Waals surface area contributed by atoms with Gasteiger partial charge in [0.25, 0.3) is 0 Å². The molecule has 0 fully saturated rings. The predicted molar refractivity (Wildman–Crippen MR) is 98.0 cm³/mol. The maximum Gasteiger partial charge on any atom is 0.220 e. The second kappa shape index (κ2) is 7.67. The SMILES string of the molecule is Cc1nnc(S[C@@H](C[N+](=O)[O-])c2ccccc2)n1-c1ccc(Cl)cc1. The molecule has 25 heavy (non-hydrogen) atoms. The highest BCUT2D eigenvalue weighted by atomic mass is 35.5. The van der Waals surface area contributed by atoms with E-state index in [1.54, 1.807) is 12.1 Å². The lowest BCUT2D eigenvalue weighted by molar-refractivity contribution is -0.479. The summed E-state index contributed by atoms with van der Waals surface area (Å²) in [6.07, 6.45) is 0. The summed E-state index contributed by atoms with van der Waals surface area (Å²) < 4.78 is 1.87. The van der Waals surface area contributed by atoms with Crippen LogP contribution in [0.25, 0.3) is 5.69 Å². The van der Waals surface area contributed by atoms with Crippen LogP contribution in [0.15, 0.2) is 59.8 Å². The molecule has 128 valence electrons. The van der Waals surface area contributed by atoms with Crippen LogP contribution in [0.4, 0.5) is 0 Å². The molecule has 0 saturated carbocycles. The molecule has 0 N–H and O–H groups in total. The molecule has 0 aliphatic heterocycles. The predicted octanol–water partition coefficient (Wildman–Crippen LogP) is 4.34. The van der Waals surface area contributed by atoms with Crippen molar-refractivity contribution in [3.8, 4) is 5.69 Å². The third kappa shape index (κ3) is 4.18. The number of aryl methyl sites for hydroxylation is 1. The zero-order valence-electron chi connectivity index (χ0n) is 13.4. The molecule has 0 aliphatic carbocycles. The lowest BCUT2D eigenvalue weighted by Crippen LogP contribution is -2.11. The van der Waals surface area contributed by atoms with Gasteiger partial charge >= 0.3 is 0 Å². The van der Waals surface area contributed by atoms with Crippen LogP contribution >= 0.6 is 23.4 Å². The zero-order valence-corrected chi connectivity index (χ0v) is 14.9. The quantitative estimate of drug-likeness (QED) is 0.364. The van der Waals surface area contributed by atoms with E-state index < -0.39 is 0 Å². The molecule has 3 aromatic rings. The van der Waals surface area contributed by atoms with Crippen LogP contribution in [0.3, 0.4) is 0 Å². The maximum atomic E-state index is 11.1. The molecule has 0 spiro atoms. The van der Waals surface area contributed by atoms with E-state index in [4.69, 9.17) is 11.6 Å². The maximum absolute atomic E-state index is 11.1. The van der Waals surface area contributed by atoms with Crippen LogP contribution in [0.2, 0.25) is 5.02 Å². The van der Waals surface area contributed by atoms with Crippen molar-refractivity contribution in [2.24, 2.45) is 0 Å². The molecule has 3 rings (SSSR count). The first-order chi connectivity index (χ1) is 12.0. The van der Waals surface area contributed by atoms with E-state index in [2.05, 4.69) is 10.2 Å². The fourth-order valence-corrected chi connectivity index (χ4v) is 3.75. The fourth-order valence-electron chi connectivity index (χ4n) is 2.45. The van der Waals surface area contributed by atoms with Crippen LogP contribution < -0.4 is 0 Å². The summed E-state index contributed by atoms with van der Waals surface area (Å²) in [5, 5.41) is 20.3. The molecule has 2 aromatic carbocycles. The molecule has 0 aliphatic rings. The zero-order chi connectivity index (χ0) is 17.8. The van der Waals surface area contributed by atoms with Gasteiger partial charge in [0.1, 0.15) is 11.1 Å². The molecule has 0 radical (unpaired) electrons. The standard InChI is InChI=1S/C17H15ClN4O2S/c1-12-19-20-17(22(12)15-9-7-14(18)8-10-15)25-16(11-21(23)24)13-5-3-2-4-6-13/h2-10,16H,11H2,1H3/t16-/m0/s1. The van der Waals surface area contributed by atoms with Crippen LogP contribution in [0, 0.1) is 17.0 Å². The molecule has 1 atom stereocenters. The molecule has 0 bridgehead atoms. The molecule has 1 aromatic heterocycles. The van der Waals surface area contributed by atoms with Gasteiger partial charge in [-0.1, -0.05) is 53.7 Å². The minimum Gasteiger partial charge on any atom is -0.274 e. The number of hydrogen-bond acceptors (Lipinski definition) is 5. The van der Waals surface area contributed by atoms with Crippen molar-refractivity contribution in [1.82, 2.24) is 14.8 Å². The Morgan fingerprint density at radius 1 is 1.16 bits per heavy atom. The summed E-state index contributed by atoms with van der Waals surface area (Å²) in [5.41, 5.74) is 1.75. The average molecular weight is 375 g/mol. The Bertz CT molecular complexity index is 868. The monoisotopic (exact) mass is 374 g/mol. The third-order valence-electron chi connectivity index (χ3n) is 3.61. The fraction of sp³-hybridized carbons (Fsp3) is 0.176. The highest BCUT2D eigenvalue weighted by molar-refractivity contribution is 7.99. The van der Waals surface area contributed by atoms with Crippen molar-refractivity contribution in [3.05, 3.63) is 81.1 Å². The summed E-state index contributed by atoms with van der Waals surface area (Å²) >= 11 is 7.28. The average Bonchev–Trinajstić information content (AvgIpc) is 2.96. The molecule has 0 saturated heterocycles. The van der Waals surface area contributed by atoms with Crippen LogP contribution in [0.1, 0.15) is 16.6 Å². The Balaban J connectivity index is 1.95. The largest absolute Gasteiger partial charge is 0.274 e. The van der Waals surface area contributed by atoms with Gasteiger partial charge in [-0.2, -0.15) is 0 Å². The Labute approximate surface area is 154 Å². The molecule has 1 heterocycles. The van der Waals surface area contributed by atoms with E-state index in [-0.39, 0.29) is 16.7 Å². The second-order valence-electron chi connectivity index (χ2n) is 5.37. The number of nitrogens with zero attached hydrogens (tertiary/aromatic N) is 4. The lowest BCUT2D eigenvalue weighted by Gasteiger charge is -2.14. The molecule has 0 amide bonds. The van der Waals surface area contributed by atoms with E-state index in [1.807, 2.05) is 54.0 Å². The first-order valence-electron chi connectivity index (χ1n) is 7.56. The highest BCUT2D eigenvalue weighted by Gasteiger charge is 2.23. The number of rotatable bonds is 6. The second-order valence-corrected chi connectivity index (χ2v) is 6.98. The van der Waals surface area contributed by atoms with E-state index in [1.165, 1.54) is 11.8 Å². The van der Waals surface area contributed by atoms with Gasteiger partial charge in [-0.25, -0.2) is 0 Å². The number of thioether (sulfide) groups is 1. The van der Waals surface area contributed by atoms with Gasteiger partial charge in [-0.3, -0.25) is 14.7 Å². The lowest BCUT2D eigenvalue weighted by atomic mass is 10.1. The summed E-state index contributed by atoms with van der Waals surface area (Å²) in [7, 11) is 0. The summed E-state index contributed by atoms with van der Waals surface area (Å²) in [6.45, 7) is 1.65. The van der Waals surface area contributed by atoms with E-state index in [9.17, 15) is 10.1 Å². The van der Waals surface area contributed by atoms with Crippen LogP contribution in [-0.4, -0.2) is 26.2 Å². The van der Waals surface area contributed by atoms with Crippen molar-refractivity contribution in [2.75, 3.05) is 6.54 Å². The van der Waals surface area contributed by atoms with Crippen LogP contribution in [0.5, 0.6) is 0 Å². The Morgan fingerprint density at radius 2 is 1.84 bits per heavy atom. The van der Waals surface area contributed by atoms with E-state index >= 15 is 0 Å². The van der Waals surface area contributed by atoms with Gasteiger partial charge in [0.2, 0.25) is 6.54 Å². The Kier molecular flexibility index (Phi) is 5.35. The summed E-state index contributed by atoms with van der Waals surface area (Å²) in [4.78, 5) is 10.8. The number of benzene rings is 2. The van der Waals surface area contributed by atoms with Crippen LogP contribution in [-0.2, 0) is 0 Å². The molecular formula is C17H15ClN4O2S. The van der Waals surface area contributed by atoms with E-state index in [0.29, 0.717) is 16.0 Å². The molecular weight excluding hydrogens is 360 g/mol. The van der Waals surface area contributed by atoms with Crippen molar-refractivity contribution < 1.29 is 4.92 Å². The van der Waals surface area contributed by atoms with Crippen molar-refractivity contribution in [2.45, 2.75) is 17.3 Å². The normalized spacial score (nSPS) is 12.1. The van der Waals surface area contributed by atoms with E-state index in [0.717, 1.165) is 11.3 Å². The number of aromatic nitrogens is 3. The Morgan fingerprint density at radius 3 is 2.48 bits per heavy atom. The molecule has 0 unspecified atom stereocenters. The van der Waals surface area contributed by atoms with Gasteiger partial charge in [0, 0.05) is 15.6 Å². The topological polar surface area (TPSA) is 73.8 Å². The first-order valence-corrected chi connectivity index (χ1v) is 8.81. The van der Waals surface area contributed by atoms with Gasteiger partial charge in [-0.05, 0) is 36.8 Å². The summed E-state index contributed by atoms with van der Waals surface area (Å²) in [6, 6.07) is 16.7. The van der Waals surface area contributed by atoms with Crippen molar-refractivity contribution in [3.63, 3.8) is 0 Å². The van der Waals surface area contributed by atoms with Gasteiger partial charge in [0.05, 0.1) is 0 Å². The van der Waals surface area contributed by atoms with Gasteiger partial charge in [0.15, 0.2) is 5.16 Å². The first kappa shape index (κ1) is 17.4. The number of halogens is 1. The highest BCUT2D eigenvalue weighted by Crippen LogP contribution is 2.35. The van der Waals surface area contributed by atoms with Gasteiger partial charge in [-0.15, -0.1) is 10.2 Å². The molecule has 8 heteroatoms.